The molecule has 0 bridgehead atoms. The maximum absolute atomic E-state index is 12.7. The zero-order chi connectivity index (χ0) is 21.2. The molecule has 0 radical (unpaired) electrons. The van der Waals surface area contributed by atoms with Crippen LogP contribution in [-0.4, -0.2) is 45.7 Å². The fraction of sp³-hybridized carbons (Fsp3) is 0.625. The zero-order valence-corrected chi connectivity index (χ0v) is 17.6. The first-order valence-corrected chi connectivity index (χ1v) is 10.7. The van der Waals surface area contributed by atoms with Gasteiger partial charge in [-0.05, 0) is 49.2 Å². The molecule has 0 aliphatic heterocycles. The average Bonchev–Trinajstić information content (AvgIpc) is 2.70. The number of rotatable bonds is 5. The maximum Gasteiger partial charge on any atom is 0.331 e. The van der Waals surface area contributed by atoms with Crippen LogP contribution in [0, 0.1) is 23.2 Å². The van der Waals surface area contributed by atoms with Crippen LogP contribution >= 0.6 is 0 Å². The largest absolute Gasteiger partial charge is 0.458 e. The van der Waals surface area contributed by atoms with Gasteiger partial charge in [-0.15, -0.1) is 0 Å². The Labute approximate surface area is 173 Å². The summed E-state index contributed by atoms with van der Waals surface area (Å²) in [6, 6.07) is 9.52. The third-order valence-corrected chi connectivity index (χ3v) is 7.26. The molecule has 6 atom stereocenters. The van der Waals surface area contributed by atoms with Crippen LogP contribution in [0.5, 0.6) is 0 Å². The highest BCUT2D eigenvalue weighted by atomic mass is 16.5. The van der Waals surface area contributed by atoms with Gasteiger partial charge in [-0.1, -0.05) is 51.1 Å². The molecule has 2 saturated carbocycles. The van der Waals surface area contributed by atoms with E-state index in [1.165, 1.54) is 6.08 Å². The molecule has 3 N–H and O–H groups in total. The Hall–Kier alpha value is -1.69. The number of carbonyl (C=O) groups excluding carboxylic acids is 1. The fourth-order valence-corrected chi connectivity index (χ4v) is 5.53. The first-order chi connectivity index (χ1) is 13.7. The van der Waals surface area contributed by atoms with Crippen LogP contribution in [0.15, 0.2) is 36.4 Å². The van der Waals surface area contributed by atoms with Gasteiger partial charge >= 0.3 is 5.97 Å². The molecule has 3 rings (SSSR count). The van der Waals surface area contributed by atoms with E-state index in [1.807, 2.05) is 37.3 Å². The minimum atomic E-state index is -1.37. The lowest BCUT2D eigenvalue weighted by Gasteiger charge is -2.59. The average molecular weight is 403 g/mol. The molecule has 1 aromatic carbocycles. The standard InChI is InChI=1S/C24H34O5/c1-16(2)18-11-13-23(3)19(26)12-14-24(28,15-25)22(23)21(18)29-20(27)10-9-17-7-5-4-6-8-17/h4-10,16,18-19,21-22,25-26,28H,11-15H2,1-3H3. The highest BCUT2D eigenvalue weighted by molar-refractivity contribution is 5.87. The van der Waals surface area contributed by atoms with Crippen molar-refractivity contribution < 1.29 is 24.9 Å². The second-order valence-corrected chi connectivity index (χ2v) is 9.39. The second-order valence-electron chi connectivity index (χ2n) is 9.39. The van der Waals surface area contributed by atoms with Gasteiger partial charge in [0.05, 0.1) is 18.3 Å². The van der Waals surface area contributed by atoms with Crippen molar-refractivity contribution in [2.75, 3.05) is 6.61 Å². The number of aliphatic hydroxyl groups is 3. The number of hydrogen-bond donors (Lipinski definition) is 3. The van der Waals surface area contributed by atoms with Gasteiger partial charge < -0.3 is 20.1 Å². The van der Waals surface area contributed by atoms with Gasteiger partial charge in [0.2, 0.25) is 0 Å². The number of hydrogen-bond acceptors (Lipinski definition) is 5. The Kier molecular flexibility index (Phi) is 6.51. The van der Waals surface area contributed by atoms with E-state index in [9.17, 15) is 20.1 Å². The Morgan fingerprint density at radius 3 is 2.55 bits per heavy atom. The topological polar surface area (TPSA) is 87.0 Å². The van der Waals surface area contributed by atoms with Gasteiger partial charge in [-0.2, -0.15) is 0 Å². The molecule has 0 heterocycles. The normalized spacial score (nSPS) is 37.5. The third-order valence-electron chi connectivity index (χ3n) is 7.26. The lowest BCUT2D eigenvalue weighted by Crippen LogP contribution is -2.66. The minimum absolute atomic E-state index is 0.0607. The minimum Gasteiger partial charge on any atom is -0.458 e. The third kappa shape index (κ3) is 4.27. The highest BCUT2D eigenvalue weighted by Gasteiger charge is 2.62. The van der Waals surface area contributed by atoms with E-state index in [0.717, 1.165) is 18.4 Å². The Balaban J connectivity index is 1.90. The molecule has 0 spiro atoms. The summed E-state index contributed by atoms with van der Waals surface area (Å²) in [6.07, 6.45) is 4.25. The number of carbonyl (C=O) groups is 1. The van der Waals surface area contributed by atoms with E-state index >= 15 is 0 Å². The Bertz CT molecular complexity index is 730. The van der Waals surface area contributed by atoms with E-state index < -0.39 is 41.7 Å². The number of aliphatic hydroxyl groups excluding tert-OH is 2. The molecule has 6 unspecified atom stereocenters. The quantitative estimate of drug-likeness (QED) is 0.520. The number of benzene rings is 1. The predicted octanol–water partition coefficient (Wildman–Crippen LogP) is 3.18. The van der Waals surface area contributed by atoms with Crippen LogP contribution in [-0.2, 0) is 9.53 Å². The molecule has 5 heteroatoms. The Morgan fingerprint density at radius 1 is 1.24 bits per heavy atom. The molecule has 29 heavy (non-hydrogen) atoms. The Morgan fingerprint density at radius 2 is 1.93 bits per heavy atom. The van der Waals surface area contributed by atoms with Gasteiger partial charge in [0.25, 0.3) is 0 Å². The molecule has 2 aliphatic rings. The summed E-state index contributed by atoms with van der Waals surface area (Å²) in [5, 5.41) is 32.1. The molecule has 2 aliphatic carbocycles. The fourth-order valence-electron chi connectivity index (χ4n) is 5.53. The van der Waals surface area contributed by atoms with Crippen molar-refractivity contribution in [3.63, 3.8) is 0 Å². The van der Waals surface area contributed by atoms with Crippen LogP contribution in [0.4, 0.5) is 0 Å². The van der Waals surface area contributed by atoms with Gasteiger partial charge in [0.15, 0.2) is 0 Å². The van der Waals surface area contributed by atoms with E-state index in [2.05, 4.69) is 13.8 Å². The first kappa shape index (κ1) is 22.0. The van der Waals surface area contributed by atoms with Gasteiger partial charge in [-0.3, -0.25) is 0 Å². The molecule has 160 valence electrons. The molecule has 0 saturated heterocycles. The number of ether oxygens (including phenoxy) is 1. The van der Waals surface area contributed by atoms with Crippen LogP contribution in [0.25, 0.3) is 6.08 Å². The molecule has 0 aromatic heterocycles. The van der Waals surface area contributed by atoms with Gasteiger partial charge in [0.1, 0.15) is 6.10 Å². The molecule has 5 nitrogen and oxygen atoms in total. The van der Waals surface area contributed by atoms with Crippen LogP contribution in [0.2, 0.25) is 0 Å². The molecule has 2 fully saturated rings. The first-order valence-electron chi connectivity index (χ1n) is 10.7. The van der Waals surface area contributed by atoms with Crippen LogP contribution < -0.4 is 0 Å². The van der Waals surface area contributed by atoms with E-state index in [0.29, 0.717) is 12.8 Å². The van der Waals surface area contributed by atoms with Crippen molar-refractivity contribution in [1.82, 2.24) is 0 Å². The summed E-state index contributed by atoms with van der Waals surface area (Å²) in [5.74, 6) is -0.670. The smallest absolute Gasteiger partial charge is 0.331 e. The summed E-state index contributed by atoms with van der Waals surface area (Å²) < 4.78 is 5.96. The van der Waals surface area contributed by atoms with Gasteiger partial charge in [0, 0.05) is 17.4 Å². The molecular weight excluding hydrogens is 368 g/mol. The predicted molar refractivity (Wildman–Crippen MR) is 112 cm³/mol. The van der Waals surface area contributed by atoms with Crippen molar-refractivity contribution in [3.05, 3.63) is 42.0 Å². The monoisotopic (exact) mass is 402 g/mol. The van der Waals surface area contributed by atoms with Gasteiger partial charge in [-0.25, -0.2) is 4.79 Å². The number of fused-ring (bicyclic) bond motifs is 1. The second kappa shape index (κ2) is 8.58. The summed E-state index contributed by atoms with van der Waals surface area (Å²) in [6.45, 7) is 5.73. The maximum atomic E-state index is 12.7. The van der Waals surface area contributed by atoms with E-state index in [4.69, 9.17) is 4.74 Å². The molecule has 1 aromatic rings. The van der Waals surface area contributed by atoms with Crippen molar-refractivity contribution >= 4 is 12.0 Å². The summed E-state index contributed by atoms with van der Waals surface area (Å²) in [7, 11) is 0. The van der Waals surface area contributed by atoms with E-state index in [-0.39, 0.29) is 11.8 Å². The van der Waals surface area contributed by atoms with Crippen LogP contribution in [0.1, 0.15) is 52.0 Å². The number of esters is 1. The molecule has 0 amide bonds. The van der Waals surface area contributed by atoms with Crippen molar-refractivity contribution in [2.24, 2.45) is 23.2 Å². The van der Waals surface area contributed by atoms with Crippen molar-refractivity contribution in [2.45, 2.75) is 64.3 Å². The van der Waals surface area contributed by atoms with Crippen LogP contribution in [0.3, 0.4) is 0 Å². The highest BCUT2D eigenvalue weighted by Crippen LogP contribution is 2.57. The van der Waals surface area contributed by atoms with Crippen molar-refractivity contribution in [1.29, 1.82) is 0 Å². The lowest BCUT2D eigenvalue weighted by atomic mass is 9.50. The molecular formula is C24H34O5. The summed E-state index contributed by atoms with van der Waals surface area (Å²) in [4.78, 5) is 12.7. The summed E-state index contributed by atoms with van der Waals surface area (Å²) >= 11 is 0. The zero-order valence-electron chi connectivity index (χ0n) is 17.6. The SMILES string of the molecule is CC(C)C1CCC2(C)C(O)CCC(O)(CO)C2C1OC(=O)C=Cc1ccccc1. The summed E-state index contributed by atoms with van der Waals surface area (Å²) in [5.41, 5.74) is -1.07. The lowest BCUT2D eigenvalue weighted by molar-refractivity contribution is -0.241. The van der Waals surface area contributed by atoms with Crippen molar-refractivity contribution in [3.8, 4) is 0 Å². The van der Waals surface area contributed by atoms with E-state index in [1.54, 1.807) is 6.08 Å².